The predicted octanol–water partition coefficient (Wildman–Crippen LogP) is 2.26. The maximum Gasteiger partial charge on any atom is 0.407 e. The van der Waals surface area contributed by atoms with Crippen LogP contribution in [0.3, 0.4) is 0 Å². The molecule has 2 rings (SSSR count). The Bertz CT molecular complexity index is 498. The average Bonchev–Trinajstić information content (AvgIpc) is 2.46. The Balaban J connectivity index is 2.25. The molecule has 122 valence electrons. The van der Waals surface area contributed by atoms with Gasteiger partial charge in [-0.2, -0.15) is 0 Å². The number of aliphatic hydroxyl groups is 1. The minimum Gasteiger partial charge on any atom is -0.465 e. The number of nitrogens with zero attached hydrogens (tertiary/aromatic N) is 2. The second-order valence-electron chi connectivity index (χ2n) is 6.99. The number of hydrogen-bond donors (Lipinski definition) is 2. The first kappa shape index (κ1) is 16.8. The third-order valence-electron chi connectivity index (χ3n) is 4.35. The van der Waals surface area contributed by atoms with Crippen molar-refractivity contribution in [1.82, 2.24) is 9.80 Å². The largest absolute Gasteiger partial charge is 0.465 e. The summed E-state index contributed by atoms with van der Waals surface area (Å²) in [5.41, 5.74) is 0.943. The summed E-state index contributed by atoms with van der Waals surface area (Å²) in [6.45, 7) is 7.89. The Labute approximate surface area is 132 Å². The average molecular weight is 306 g/mol. The van der Waals surface area contributed by atoms with Crippen LogP contribution in [0, 0.1) is 5.41 Å². The molecule has 22 heavy (non-hydrogen) atoms. The molecule has 0 aliphatic carbocycles. The van der Waals surface area contributed by atoms with Crippen LogP contribution in [0.5, 0.6) is 0 Å². The molecule has 0 saturated carbocycles. The second-order valence-corrected chi connectivity index (χ2v) is 6.99. The normalized spacial score (nSPS) is 23.5. The van der Waals surface area contributed by atoms with Gasteiger partial charge in [0.05, 0.1) is 18.7 Å². The lowest BCUT2D eigenvalue weighted by Gasteiger charge is -2.51. The molecule has 5 nitrogen and oxygen atoms in total. The van der Waals surface area contributed by atoms with Crippen molar-refractivity contribution < 1.29 is 15.0 Å². The molecule has 0 aromatic heterocycles. The van der Waals surface area contributed by atoms with Crippen LogP contribution in [0.2, 0.25) is 0 Å². The van der Waals surface area contributed by atoms with E-state index in [1.807, 2.05) is 39.0 Å². The van der Waals surface area contributed by atoms with Crippen molar-refractivity contribution in [2.75, 3.05) is 19.7 Å². The van der Waals surface area contributed by atoms with Crippen molar-refractivity contribution in [2.24, 2.45) is 5.41 Å². The Hall–Kier alpha value is -1.59. The van der Waals surface area contributed by atoms with Gasteiger partial charge >= 0.3 is 6.09 Å². The molecule has 0 radical (unpaired) electrons. The van der Waals surface area contributed by atoms with Crippen molar-refractivity contribution in [1.29, 1.82) is 0 Å². The summed E-state index contributed by atoms with van der Waals surface area (Å²) in [4.78, 5) is 15.3. The molecule has 1 fully saturated rings. The minimum atomic E-state index is -0.905. The predicted molar refractivity (Wildman–Crippen MR) is 85.7 cm³/mol. The molecule has 1 heterocycles. The summed E-state index contributed by atoms with van der Waals surface area (Å²) in [5, 5.41) is 19.4. The van der Waals surface area contributed by atoms with E-state index in [4.69, 9.17) is 0 Å². The molecule has 1 aromatic rings. The van der Waals surface area contributed by atoms with Crippen molar-refractivity contribution in [3.63, 3.8) is 0 Å². The van der Waals surface area contributed by atoms with Gasteiger partial charge in [0.2, 0.25) is 0 Å². The van der Waals surface area contributed by atoms with Crippen LogP contribution < -0.4 is 0 Å². The Kier molecular flexibility index (Phi) is 5.08. The van der Waals surface area contributed by atoms with Gasteiger partial charge in [-0.05, 0) is 11.0 Å². The van der Waals surface area contributed by atoms with Gasteiger partial charge in [0.15, 0.2) is 0 Å². The lowest BCUT2D eigenvalue weighted by atomic mass is 9.79. The minimum absolute atomic E-state index is 0.0431. The Morgan fingerprint density at radius 1 is 1.23 bits per heavy atom. The van der Waals surface area contributed by atoms with Gasteiger partial charge in [0, 0.05) is 19.6 Å². The van der Waals surface area contributed by atoms with Crippen molar-refractivity contribution in [2.45, 2.75) is 39.4 Å². The lowest BCUT2D eigenvalue weighted by Crippen LogP contribution is -2.65. The molecule has 1 saturated heterocycles. The van der Waals surface area contributed by atoms with Gasteiger partial charge < -0.3 is 15.1 Å². The van der Waals surface area contributed by atoms with Crippen molar-refractivity contribution >= 4 is 6.09 Å². The first-order valence-corrected chi connectivity index (χ1v) is 7.73. The van der Waals surface area contributed by atoms with Crippen LogP contribution >= 0.6 is 0 Å². The SMILES string of the molecule is CC(C)(C)C1C(CO)N(Cc2ccccc2)CCN1C(=O)O. The molecule has 2 atom stereocenters. The maximum absolute atomic E-state index is 11.6. The van der Waals surface area contributed by atoms with E-state index >= 15 is 0 Å². The summed E-state index contributed by atoms with van der Waals surface area (Å²) in [5.74, 6) is 0. The summed E-state index contributed by atoms with van der Waals surface area (Å²) in [6, 6.07) is 9.68. The number of amides is 1. The lowest BCUT2D eigenvalue weighted by molar-refractivity contribution is -0.0440. The summed E-state index contributed by atoms with van der Waals surface area (Å²) < 4.78 is 0. The smallest absolute Gasteiger partial charge is 0.407 e. The summed E-state index contributed by atoms with van der Waals surface area (Å²) in [6.07, 6.45) is -0.905. The first-order valence-electron chi connectivity index (χ1n) is 7.73. The van der Waals surface area contributed by atoms with Crippen LogP contribution in [0.25, 0.3) is 0 Å². The highest BCUT2D eigenvalue weighted by molar-refractivity contribution is 5.66. The topological polar surface area (TPSA) is 64.0 Å². The fraction of sp³-hybridized carbons (Fsp3) is 0.588. The Morgan fingerprint density at radius 3 is 2.36 bits per heavy atom. The molecule has 0 spiro atoms. The standard InChI is InChI=1S/C17H26N2O3/c1-17(2,3)15-14(12-20)18(9-10-19(15)16(21)22)11-13-7-5-4-6-8-13/h4-8,14-15,20H,9-12H2,1-3H3,(H,21,22). The van der Waals surface area contributed by atoms with Gasteiger partial charge in [-0.1, -0.05) is 51.1 Å². The summed E-state index contributed by atoms with van der Waals surface area (Å²) >= 11 is 0. The van der Waals surface area contributed by atoms with Crippen LogP contribution in [0.4, 0.5) is 4.79 Å². The molecular formula is C17H26N2O3. The molecule has 1 aromatic carbocycles. The third-order valence-corrected chi connectivity index (χ3v) is 4.35. The van der Waals surface area contributed by atoms with Crippen molar-refractivity contribution in [3.8, 4) is 0 Å². The van der Waals surface area contributed by atoms with E-state index in [0.717, 1.165) is 6.54 Å². The zero-order valence-corrected chi connectivity index (χ0v) is 13.6. The van der Waals surface area contributed by atoms with E-state index in [-0.39, 0.29) is 24.1 Å². The molecule has 0 bridgehead atoms. The quantitative estimate of drug-likeness (QED) is 0.899. The molecule has 1 aliphatic heterocycles. The van der Waals surface area contributed by atoms with Gasteiger partial charge in [0.1, 0.15) is 0 Å². The molecule has 5 heteroatoms. The summed E-state index contributed by atoms with van der Waals surface area (Å²) in [7, 11) is 0. The highest BCUT2D eigenvalue weighted by Crippen LogP contribution is 2.32. The van der Waals surface area contributed by atoms with Crippen LogP contribution in [0.1, 0.15) is 26.3 Å². The first-order chi connectivity index (χ1) is 10.3. The number of aliphatic hydroxyl groups excluding tert-OH is 1. The monoisotopic (exact) mass is 306 g/mol. The fourth-order valence-electron chi connectivity index (χ4n) is 3.44. The van der Waals surface area contributed by atoms with Crippen LogP contribution in [-0.4, -0.2) is 57.9 Å². The van der Waals surface area contributed by atoms with Gasteiger partial charge in [-0.3, -0.25) is 4.90 Å². The zero-order chi connectivity index (χ0) is 16.3. The van der Waals surface area contributed by atoms with E-state index < -0.39 is 6.09 Å². The Morgan fingerprint density at radius 2 is 1.86 bits per heavy atom. The van der Waals surface area contributed by atoms with Gasteiger partial charge in [-0.15, -0.1) is 0 Å². The number of piperazine rings is 1. The second kappa shape index (κ2) is 6.67. The van der Waals surface area contributed by atoms with E-state index in [9.17, 15) is 15.0 Å². The molecule has 2 unspecified atom stereocenters. The molecular weight excluding hydrogens is 280 g/mol. The maximum atomic E-state index is 11.6. The van der Waals surface area contributed by atoms with E-state index in [1.165, 1.54) is 10.5 Å². The van der Waals surface area contributed by atoms with E-state index in [2.05, 4.69) is 17.0 Å². The highest BCUT2D eigenvalue weighted by atomic mass is 16.4. The number of hydrogen-bond acceptors (Lipinski definition) is 3. The van der Waals surface area contributed by atoms with Gasteiger partial charge in [-0.25, -0.2) is 4.79 Å². The molecule has 1 amide bonds. The number of rotatable bonds is 3. The van der Waals surface area contributed by atoms with Crippen LogP contribution in [0.15, 0.2) is 30.3 Å². The highest BCUT2D eigenvalue weighted by Gasteiger charge is 2.44. The fourth-order valence-corrected chi connectivity index (χ4v) is 3.44. The number of benzene rings is 1. The number of carboxylic acid groups (broad SMARTS) is 1. The molecule has 2 N–H and O–H groups in total. The molecule has 1 aliphatic rings. The van der Waals surface area contributed by atoms with Crippen LogP contribution in [-0.2, 0) is 6.54 Å². The zero-order valence-electron chi connectivity index (χ0n) is 13.6. The van der Waals surface area contributed by atoms with E-state index in [0.29, 0.717) is 13.1 Å². The van der Waals surface area contributed by atoms with Gasteiger partial charge in [0.25, 0.3) is 0 Å². The van der Waals surface area contributed by atoms with Crippen molar-refractivity contribution in [3.05, 3.63) is 35.9 Å². The number of carbonyl (C=O) groups is 1. The third kappa shape index (κ3) is 3.59. The van der Waals surface area contributed by atoms with E-state index in [1.54, 1.807) is 0 Å².